The van der Waals surface area contributed by atoms with Gasteiger partial charge in [0.1, 0.15) is 0 Å². The summed E-state index contributed by atoms with van der Waals surface area (Å²) in [7, 11) is 0. The molecule has 0 bridgehead atoms. The Bertz CT molecular complexity index is 328. The van der Waals surface area contributed by atoms with Crippen molar-refractivity contribution >= 4 is 10.4 Å². The third-order valence-corrected chi connectivity index (χ3v) is 6.79. The maximum atomic E-state index is 11.3. The average Bonchev–Trinajstić information content (AvgIpc) is 2.92. The van der Waals surface area contributed by atoms with Gasteiger partial charge in [0, 0.05) is 0 Å². The van der Waals surface area contributed by atoms with Gasteiger partial charge in [-0.05, 0) is 0 Å². The van der Waals surface area contributed by atoms with Gasteiger partial charge < -0.3 is 0 Å². The van der Waals surface area contributed by atoms with E-state index < -0.39 is 12.8 Å². The van der Waals surface area contributed by atoms with Crippen LogP contribution in [0.2, 0.25) is 9.63 Å². The molecular formula is C12H12FeO2. The van der Waals surface area contributed by atoms with Gasteiger partial charge >= 0.3 is 91.0 Å². The van der Waals surface area contributed by atoms with Crippen LogP contribution in [0.25, 0.3) is 0 Å². The van der Waals surface area contributed by atoms with Gasteiger partial charge in [0.25, 0.3) is 0 Å². The van der Waals surface area contributed by atoms with Gasteiger partial charge in [-0.1, -0.05) is 0 Å². The zero-order valence-corrected chi connectivity index (χ0v) is 9.20. The van der Waals surface area contributed by atoms with Crippen molar-refractivity contribution in [1.29, 1.82) is 0 Å². The Hall–Kier alpha value is -1.18. The molecule has 0 atom stereocenters. The second-order valence-electron chi connectivity index (χ2n) is 3.27. The monoisotopic (exact) mass is 244 g/mol. The molecule has 0 fully saturated rings. The third kappa shape index (κ3) is 1.58. The molecule has 3 heteroatoms. The Balaban J connectivity index is 2.38. The van der Waals surface area contributed by atoms with E-state index in [1.54, 1.807) is 0 Å². The molecule has 0 N–H and O–H groups in total. The number of carbonyl (C=O) groups is 2. The second kappa shape index (κ2) is 4.13. The minimum absolute atomic E-state index is 0.00454. The molecule has 0 radical (unpaired) electrons. The predicted octanol–water partition coefficient (Wildman–Crippen LogP) is 2.35. The summed E-state index contributed by atoms with van der Waals surface area (Å²) in [6.07, 6.45) is 15.4. The zero-order valence-electron chi connectivity index (χ0n) is 8.10. The zero-order chi connectivity index (χ0) is 10.7. The molecule has 15 heavy (non-hydrogen) atoms. The van der Waals surface area contributed by atoms with Crippen LogP contribution in [0.1, 0.15) is 0 Å². The first kappa shape index (κ1) is 10.3. The van der Waals surface area contributed by atoms with Crippen molar-refractivity contribution in [2.24, 2.45) is 0 Å². The Morgan fingerprint density at radius 3 is 1.33 bits per heavy atom. The van der Waals surface area contributed by atoms with Crippen molar-refractivity contribution in [1.82, 2.24) is 0 Å². The van der Waals surface area contributed by atoms with Gasteiger partial charge in [0.2, 0.25) is 0 Å². The molecule has 0 aromatic heterocycles. The van der Waals surface area contributed by atoms with Crippen molar-refractivity contribution < 1.29 is 22.4 Å². The molecule has 2 aliphatic rings. The quantitative estimate of drug-likeness (QED) is 0.561. The maximum absolute atomic E-state index is 11.3. The van der Waals surface area contributed by atoms with E-state index in [9.17, 15) is 9.59 Å². The molecule has 0 aromatic rings. The molecule has 2 aliphatic carbocycles. The van der Waals surface area contributed by atoms with Crippen molar-refractivity contribution in [2.75, 3.05) is 0 Å². The SMILES string of the molecule is O=[CH][Fe]([CH]=O)([CH]1C=CC=C1)[CH]1C=CC=C1. The van der Waals surface area contributed by atoms with Crippen LogP contribution < -0.4 is 0 Å². The van der Waals surface area contributed by atoms with E-state index in [0.29, 0.717) is 0 Å². The van der Waals surface area contributed by atoms with E-state index in [1.165, 1.54) is 0 Å². The van der Waals surface area contributed by atoms with Gasteiger partial charge in [-0.15, -0.1) is 0 Å². The Labute approximate surface area is 91.3 Å². The normalized spacial score (nSPS) is 21.3. The van der Waals surface area contributed by atoms with E-state index in [0.717, 1.165) is 10.4 Å². The molecular weight excluding hydrogens is 232 g/mol. The van der Waals surface area contributed by atoms with Crippen LogP contribution in [-0.4, -0.2) is 10.4 Å². The number of carbonyl (C=O) groups excluding carboxylic acids is 2. The fourth-order valence-electron chi connectivity index (χ4n) is 1.67. The third-order valence-electron chi connectivity index (χ3n) is 2.49. The molecule has 0 aromatic carbocycles. The van der Waals surface area contributed by atoms with Crippen molar-refractivity contribution in [3.8, 4) is 0 Å². The van der Waals surface area contributed by atoms with Crippen molar-refractivity contribution in [3.05, 3.63) is 48.6 Å². The molecule has 80 valence electrons. The number of rotatable bonds is 4. The van der Waals surface area contributed by atoms with Crippen LogP contribution in [0.3, 0.4) is 0 Å². The standard InChI is InChI=1S/2C5H5.2CHO.Fe/c2*1-2-4-5-3-1;2*1-2;/h2*1-5H;2*1H;. The fraction of sp³-hybridized carbons (Fsp3) is 0.167. The molecule has 0 saturated heterocycles. The van der Waals surface area contributed by atoms with E-state index in [-0.39, 0.29) is 9.63 Å². The molecule has 0 unspecified atom stereocenters. The number of hydrogen-bond acceptors (Lipinski definition) is 2. The number of hydrogen-bond donors (Lipinski definition) is 0. The summed E-state index contributed by atoms with van der Waals surface area (Å²) in [5, 5.41) is 1.80. The van der Waals surface area contributed by atoms with Crippen LogP contribution in [-0.2, 0) is 22.4 Å². The van der Waals surface area contributed by atoms with Crippen LogP contribution in [0, 0.1) is 0 Å². The first-order chi connectivity index (χ1) is 7.33. The topological polar surface area (TPSA) is 34.1 Å². The van der Waals surface area contributed by atoms with Crippen molar-refractivity contribution in [3.63, 3.8) is 0 Å². The molecule has 0 aliphatic heterocycles. The number of allylic oxidation sites excluding steroid dienone is 8. The molecule has 2 nitrogen and oxygen atoms in total. The molecule has 0 heterocycles. The Morgan fingerprint density at radius 2 is 1.07 bits per heavy atom. The molecule has 0 spiro atoms. The van der Waals surface area contributed by atoms with Crippen molar-refractivity contribution in [2.45, 2.75) is 9.63 Å². The Kier molecular flexibility index (Phi) is 2.85. The van der Waals surface area contributed by atoms with Gasteiger partial charge in [-0.3, -0.25) is 0 Å². The summed E-state index contributed by atoms with van der Waals surface area (Å²) in [6, 6.07) is 0. The van der Waals surface area contributed by atoms with Crippen LogP contribution in [0.5, 0.6) is 0 Å². The van der Waals surface area contributed by atoms with Gasteiger partial charge in [0.05, 0.1) is 0 Å². The second-order valence-corrected chi connectivity index (χ2v) is 7.47. The average molecular weight is 244 g/mol. The molecule has 0 saturated carbocycles. The van der Waals surface area contributed by atoms with E-state index in [4.69, 9.17) is 0 Å². The molecule has 2 rings (SSSR count). The Morgan fingerprint density at radius 1 is 0.733 bits per heavy atom. The van der Waals surface area contributed by atoms with Crippen LogP contribution in [0.15, 0.2) is 48.6 Å². The summed E-state index contributed by atoms with van der Waals surface area (Å²) in [4.78, 5) is 22.7. The summed E-state index contributed by atoms with van der Waals surface area (Å²) < 4.78 is 0. The van der Waals surface area contributed by atoms with Gasteiger partial charge in [0.15, 0.2) is 0 Å². The summed E-state index contributed by atoms with van der Waals surface area (Å²) in [5.74, 6) is 0. The van der Waals surface area contributed by atoms with E-state index in [2.05, 4.69) is 0 Å². The first-order valence-electron chi connectivity index (χ1n) is 4.62. The predicted molar refractivity (Wildman–Crippen MR) is 57.6 cm³/mol. The summed E-state index contributed by atoms with van der Waals surface area (Å²) in [6.45, 7) is 0. The van der Waals surface area contributed by atoms with Gasteiger partial charge in [-0.2, -0.15) is 0 Å². The fourth-order valence-corrected chi connectivity index (χ4v) is 4.88. The van der Waals surface area contributed by atoms with Crippen LogP contribution in [0.4, 0.5) is 0 Å². The summed E-state index contributed by atoms with van der Waals surface area (Å²) >= 11 is -2.42. The van der Waals surface area contributed by atoms with Crippen LogP contribution >= 0.6 is 0 Å². The van der Waals surface area contributed by atoms with Gasteiger partial charge in [-0.25, -0.2) is 0 Å². The first-order valence-corrected chi connectivity index (χ1v) is 7.17. The van der Waals surface area contributed by atoms with E-state index >= 15 is 0 Å². The molecule has 0 amide bonds. The van der Waals surface area contributed by atoms with E-state index in [1.807, 2.05) is 48.6 Å². The minimum atomic E-state index is -2.42. The summed E-state index contributed by atoms with van der Waals surface area (Å²) in [5.41, 5.74) is 0.